The van der Waals surface area contributed by atoms with E-state index in [0.717, 1.165) is 54.3 Å². The van der Waals surface area contributed by atoms with Crippen molar-refractivity contribution in [2.75, 3.05) is 19.1 Å². The lowest BCUT2D eigenvalue weighted by Gasteiger charge is -2.39. The number of ether oxygens (including phenoxy) is 1. The maximum Gasteiger partial charge on any atom is 0.328 e. The average Bonchev–Trinajstić information content (AvgIpc) is 3.76. The number of aryl methyl sites for hydroxylation is 1. The highest BCUT2D eigenvalue weighted by molar-refractivity contribution is 7.98. The molecule has 1 saturated carbocycles. The van der Waals surface area contributed by atoms with Crippen molar-refractivity contribution in [1.29, 1.82) is 0 Å². The molecule has 1 aromatic heterocycles. The number of piperidine rings is 1. The molecular weight excluding hydrogens is 554 g/mol. The number of hydrogen-bond donors (Lipinski definition) is 4. The molecule has 1 saturated heterocycles. The molecule has 2 heterocycles. The summed E-state index contributed by atoms with van der Waals surface area (Å²) in [5, 5.41) is 9.77. The number of hydrogen-bond acceptors (Lipinski definition) is 6. The Kier molecular flexibility index (Phi) is 10.8. The molecule has 4 amide bonds. The number of amides is 4. The molecular formula is C31H45N5O5S. The van der Waals surface area contributed by atoms with Gasteiger partial charge in [-0.15, -0.1) is 0 Å². The Morgan fingerprint density at radius 2 is 1.67 bits per heavy atom. The molecule has 2 aromatic rings. The highest BCUT2D eigenvalue weighted by Gasteiger charge is 2.41. The van der Waals surface area contributed by atoms with Crippen LogP contribution in [0.2, 0.25) is 0 Å². The Bertz CT molecular complexity index is 1270. The number of urea groups is 1. The van der Waals surface area contributed by atoms with Gasteiger partial charge in [0, 0.05) is 35.1 Å². The third-order valence-corrected chi connectivity index (χ3v) is 9.21. The van der Waals surface area contributed by atoms with Crippen molar-refractivity contribution in [1.82, 2.24) is 25.8 Å². The molecule has 1 aliphatic heterocycles. The second kappa shape index (κ2) is 14.3. The van der Waals surface area contributed by atoms with Crippen LogP contribution >= 0.6 is 11.8 Å². The summed E-state index contributed by atoms with van der Waals surface area (Å²) in [4.78, 5) is 58.7. The zero-order valence-electron chi connectivity index (χ0n) is 25.3. The van der Waals surface area contributed by atoms with E-state index in [4.69, 9.17) is 4.74 Å². The fraction of sp³-hybridized carbons (Fsp3) is 0.613. The zero-order valence-corrected chi connectivity index (χ0v) is 26.1. The number of likely N-dealkylation sites (tertiary alicyclic amines) is 1. The number of methoxy groups -OCH3 is 1. The van der Waals surface area contributed by atoms with E-state index in [-0.39, 0.29) is 36.4 Å². The first-order chi connectivity index (χ1) is 20.1. The Hall–Kier alpha value is -3.21. The van der Waals surface area contributed by atoms with Gasteiger partial charge in [-0.3, -0.25) is 9.59 Å². The maximum absolute atomic E-state index is 13.8. The van der Waals surface area contributed by atoms with Crippen LogP contribution in [0.3, 0.4) is 0 Å². The lowest BCUT2D eigenvalue weighted by molar-refractivity contribution is -0.145. The predicted octanol–water partition coefficient (Wildman–Crippen LogP) is 3.67. The van der Waals surface area contributed by atoms with Crippen LogP contribution in [-0.4, -0.2) is 83.0 Å². The van der Waals surface area contributed by atoms with Crippen molar-refractivity contribution >= 4 is 46.5 Å². The van der Waals surface area contributed by atoms with E-state index < -0.39 is 30.0 Å². The molecule has 230 valence electrons. The summed E-state index contributed by atoms with van der Waals surface area (Å²) in [7, 11) is 1.29. The summed E-state index contributed by atoms with van der Waals surface area (Å²) in [6.45, 7) is 6.02. The summed E-state index contributed by atoms with van der Waals surface area (Å²) in [6.07, 6.45) is 7.16. The van der Waals surface area contributed by atoms with Gasteiger partial charge in [-0.1, -0.05) is 18.2 Å². The Morgan fingerprint density at radius 3 is 2.31 bits per heavy atom. The van der Waals surface area contributed by atoms with E-state index in [9.17, 15) is 19.2 Å². The molecule has 10 nitrogen and oxygen atoms in total. The van der Waals surface area contributed by atoms with Crippen LogP contribution in [0.5, 0.6) is 0 Å². The number of rotatable bonds is 12. The second-order valence-corrected chi connectivity index (χ2v) is 12.7. The van der Waals surface area contributed by atoms with Gasteiger partial charge in [0.05, 0.1) is 7.11 Å². The maximum atomic E-state index is 13.8. The SMILES string of the molecule is COC(=O)[C@@H](CCSC)NC(=O)[C@@H](Cc1c(C)[nH]c2ccccc12)NC(=O)C(NC(=O)N1[C@H](C)CCC[C@@H]1C)C1CC1. The lowest BCUT2D eigenvalue weighted by atomic mass is 9.98. The molecule has 4 rings (SSSR count). The van der Waals surface area contributed by atoms with Crippen LogP contribution in [0.4, 0.5) is 4.79 Å². The molecule has 11 heteroatoms. The van der Waals surface area contributed by atoms with Crippen molar-refractivity contribution in [2.24, 2.45) is 5.92 Å². The highest BCUT2D eigenvalue weighted by atomic mass is 32.2. The first-order valence-electron chi connectivity index (χ1n) is 15.0. The monoisotopic (exact) mass is 599 g/mol. The van der Waals surface area contributed by atoms with E-state index in [1.165, 1.54) is 7.11 Å². The molecule has 0 spiro atoms. The van der Waals surface area contributed by atoms with Crippen molar-refractivity contribution in [2.45, 2.75) is 95.9 Å². The molecule has 5 atom stereocenters. The van der Waals surface area contributed by atoms with E-state index >= 15 is 0 Å². The lowest BCUT2D eigenvalue weighted by Crippen LogP contribution is -2.60. The normalized spacial score (nSPS) is 20.8. The van der Waals surface area contributed by atoms with Crippen LogP contribution in [0.15, 0.2) is 24.3 Å². The first kappa shape index (κ1) is 31.7. The largest absolute Gasteiger partial charge is 0.467 e. The van der Waals surface area contributed by atoms with Crippen LogP contribution in [0.25, 0.3) is 10.9 Å². The minimum absolute atomic E-state index is 0.0206. The van der Waals surface area contributed by atoms with Crippen molar-refractivity contribution in [3.63, 3.8) is 0 Å². The van der Waals surface area contributed by atoms with E-state index in [2.05, 4.69) is 20.9 Å². The van der Waals surface area contributed by atoms with Crippen LogP contribution in [-0.2, 0) is 25.5 Å². The number of nitrogens with zero attached hydrogens (tertiary/aromatic N) is 1. The molecule has 2 fully saturated rings. The van der Waals surface area contributed by atoms with Crippen LogP contribution in [0, 0.1) is 12.8 Å². The third-order valence-electron chi connectivity index (χ3n) is 8.56. The molecule has 0 radical (unpaired) electrons. The number of esters is 1. The van der Waals surface area contributed by atoms with Gasteiger partial charge >= 0.3 is 12.0 Å². The number of aromatic amines is 1. The number of para-hydroxylation sites is 1. The smallest absolute Gasteiger partial charge is 0.328 e. The molecule has 4 N–H and O–H groups in total. The fourth-order valence-electron chi connectivity index (χ4n) is 6.03. The van der Waals surface area contributed by atoms with Gasteiger partial charge in [0.1, 0.15) is 18.1 Å². The van der Waals surface area contributed by atoms with Crippen molar-refractivity contribution < 1.29 is 23.9 Å². The number of aromatic nitrogens is 1. The van der Waals surface area contributed by atoms with E-state index in [1.54, 1.807) is 11.8 Å². The Morgan fingerprint density at radius 1 is 1.00 bits per heavy atom. The summed E-state index contributed by atoms with van der Waals surface area (Å²) in [5.74, 6) is -0.712. The molecule has 2 aliphatic rings. The van der Waals surface area contributed by atoms with E-state index in [0.29, 0.717) is 12.2 Å². The predicted molar refractivity (Wildman–Crippen MR) is 165 cm³/mol. The summed E-state index contributed by atoms with van der Waals surface area (Å²) in [6, 6.07) is 5.22. The number of nitrogens with one attached hydrogen (secondary N) is 4. The number of thioether (sulfide) groups is 1. The van der Waals surface area contributed by atoms with Crippen molar-refractivity contribution in [3.05, 3.63) is 35.5 Å². The highest BCUT2D eigenvalue weighted by Crippen LogP contribution is 2.33. The molecule has 1 aliphatic carbocycles. The molecule has 1 aromatic carbocycles. The van der Waals surface area contributed by atoms with Gasteiger partial charge in [0.15, 0.2) is 0 Å². The van der Waals surface area contributed by atoms with Crippen LogP contribution < -0.4 is 16.0 Å². The van der Waals surface area contributed by atoms with Gasteiger partial charge < -0.3 is 30.6 Å². The van der Waals surface area contributed by atoms with Crippen LogP contribution in [0.1, 0.15) is 63.6 Å². The standard InChI is InChI=1S/C31H45N5O5S/c1-18-9-8-10-19(2)36(18)31(40)35-27(21-13-14-21)29(38)34-26(28(37)33-25(15-16-42-5)30(39)41-4)17-23-20(3)32-24-12-7-6-11-22(23)24/h6-7,11-12,18-19,21,25-27,32H,8-10,13-17H2,1-5H3,(H,33,37)(H,34,38)(H,35,40)/t18-,19+,25-,26-,27?/m1/s1. The van der Waals surface area contributed by atoms with Gasteiger partial charge in [-0.05, 0) is 88.9 Å². The second-order valence-electron chi connectivity index (χ2n) is 11.7. The molecule has 1 unspecified atom stereocenters. The van der Waals surface area contributed by atoms with Gasteiger partial charge in [0.25, 0.3) is 0 Å². The number of benzene rings is 1. The quantitative estimate of drug-likeness (QED) is 0.275. The Balaban J connectivity index is 1.57. The summed E-state index contributed by atoms with van der Waals surface area (Å²) < 4.78 is 4.94. The average molecular weight is 600 g/mol. The first-order valence-corrected chi connectivity index (χ1v) is 16.4. The van der Waals surface area contributed by atoms with E-state index in [1.807, 2.05) is 56.2 Å². The minimum atomic E-state index is -0.970. The number of fused-ring (bicyclic) bond motifs is 1. The third kappa shape index (κ3) is 7.59. The summed E-state index contributed by atoms with van der Waals surface area (Å²) >= 11 is 1.57. The van der Waals surface area contributed by atoms with Crippen molar-refractivity contribution in [3.8, 4) is 0 Å². The van der Waals surface area contributed by atoms with Gasteiger partial charge in [-0.25, -0.2) is 9.59 Å². The van der Waals surface area contributed by atoms with Gasteiger partial charge in [0.2, 0.25) is 11.8 Å². The number of carbonyl (C=O) groups excluding carboxylic acids is 4. The van der Waals surface area contributed by atoms with Gasteiger partial charge in [-0.2, -0.15) is 11.8 Å². The fourth-order valence-corrected chi connectivity index (χ4v) is 6.50. The summed E-state index contributed by atoms with van der Waals surface area (Å²) in [5.41, 5.74) is 2.75. The number of H-pyrrole nitrogens is 1. The molecule has 0 bridgehead atoms. The molecule has 42 heavy (non-hydrogen) atoms. The topological polar surface area (TPSA) is 133 Å². The minimum Gasteiger partial charge on any atom is -0.467 e. The zero-order chi connectivity index (χ0) is 30.4. The Labute approximate surface area is 252 Å². The number of carbonyl (C=O) groups is 4.